The van der Waals surface area contributed by atoms with E-state index < -0.39 is 23.8 Å². The summed E-state index contributed by atoms with van der Waals surface area (Å²) in [6, 6.07) is 19.5. The summed E-state index contributed by atoms with van der Waals surface area (Å²) in [5, 5.41) is 9.28. The first-order valence-corrected chi connectivity index (χ1v) is 14.2. The molecule has 42 heavy (non-hydrogen) atoms. The first-order chi connectivity index (χ1) is 20.4. The molecule has 5 rings (SSSR count). The van der Waals surface area contributed by atoms with Gasteiger partial charge in [0.1, 0.15) is 18.1 Å². The predicted octanol–water partition coefficient (Wildman–Crippen LogP) is 5.03. The highest BCUT2D eigenvalue weighted by Gasteiger charge is 2.36. The highest BCUT2D eigenvalue weighted by atomic mass is 35.5. The molecule has 0 aromatic heterocycles. The van der Waals surface area contributed by atoms with Crippen molar-refractivity contribution in [2.75, 3.05) is 58.4 Å². The molecule has 0 bridgehead atoms. The van der Waals surface area contributed by atoms with Crippen molar-refractivity contribution in [2.24, 2.45) is 5.10 Å². The Kier molecular flexibility index (Phi) is 9.68. The molecule has 3 aromatic rings. The molecule has 1 fully saturated rings. The molecule has 0 radical (unpaired) electrons. The maximum Gasteiger partial charge on any atom is 0.322 e. The zero-order chi connectivity index (χ0) is 29.5. The molecule has 1 N–H and O–H groups in total. The van der Waals surface area contributed by atoms with Crippen LogP contribution in [0.1, 0.15) is 23.6 Å². The van der Waals surface area contributed by atoms with Crippen molar-refractivity contribution in [1.29, 1.82) is 0 Å². The van der Waals surface area contributed by atoms with Gasteiger partial charge in [0.25, 0.3) is 5.91 Å². The minimum Gasteiger partial charge on any atom is -0.495 e. The van der Waals surface area contributed by atoms with Gasteiger partial charge in [0.05, 0.1) is 37.8 Å². The van der Waals surface area contributed by atoms with Crippen molar-refractivity contribution in [3.05, 3.63) is 94.8 Å². The lowest BCUT2D eigenvalue weighted by Crippen LogP contribution is -2.47. The molecule has 9 nitrogen and oxygen atoms in total. The topological polar surface area (TPSA) is 86.7 Å². The van der Waals surface area contributed by atoms with E-state index in [-0.39, 0.29) is 19.5 Å². The average molecular weight is 594 g/mol. The summed E-state index contributed by atoms with van der Waals surface area (Å²) in [5.74, 6) is -0.380. The molecule has 2 aliphatic rings. The molecule has 1 saturated heterocycles. The molecule has 0 saturated carbocycles. The summed E-state index contributed by atoms with van der Waals surface area (Å²) in [7, 11) is 1.52. The molecule has 1 atom stereocenters. The molecule has 0 spiro atoms. The number of hydrogen-bond acceptors (Lipinski definition) is 6. The Labute approximate surface area is 249 Å². The Morgan fingerprint density at radius 3 is 2.55 bits per heavy atom. The SMILES string of the molecule is COc1ccccc1NC(=O)N(CCN1CCOCC1)CC(=O)N1N=C(c2ccccc2Cl)CC1c1ccccc1F. The molecule has 3 aromatic carbocycles. The fourth-order valence-corrected chi connectivity index (χ4v) is 5.35. The normalized spacial score (nSPS) is 17.1. The van der Waals surface area contributed by atoms with Crippen molar-refractivity contribution in [3.8, 4) is 5.75 Å². The van der Waals surface area contributed by atoms with E-state index >= 15 is 4.39 Å². The van der Waals surface area contributed by atoms with Crippen LogP contribution in [0.2, 0.25) is 5.02 Å². The second kappa shape index (κ2) is 13.8. The van der Waals surface area contributed by atoms with Crippen LogP contribution in [0.3, 0.4) is 0 Å². The van der Waals surface area contributed by atoms with Crippen molar-refractivity contribution >= 4 is 34.9 Å². The molecule has 220 valence electrons. The van der Waals surface area contributed by atoms with E-state index in [9.17, 15) is 9.59 Å². The second-order valence-electron chi connectivity index (χ2n) is 10.0. The number of carbonyl (C=O) groups excluding carboxylic acids is 2. The van der Waals surface area contributed by atoms with E-state index in [2.05, 4.69) is 15.3 Å². The third-order valence-electron chi connectivity index (χ3n) is 7.37. The van der Waals surface area contributed by atoms with Crippen molar-refractivity contribution in [1.82, 2.24) is 14.8 Å². The van der Waals surface area contributed by atoms with Crippen LogP contribution in [-0.2, 0) is 9.53 Å². The van der Waals surface area contributed by atoms with Crippen LogP contribution in [0.25, 0.3) is 0 Å². The predicted molar refractivity (Wildman–Crippen MR) is 159 cm³/mol. The van der Waals surface area contributed by atoms with Crippen molar-refractivity contribution < 1.29 is 23.5 Å². The monoisotopic (exact) mass is 593 g/mol. The fraction of sp³-hybridized carbons (Fsp3) is 0.323. The molecule has 2 aliphatic heterocycles. The second-order valence-corrected chi connectivity index (χ2v) is 10.4. The smallest absolute Gasteiger partial charge is 0.322 e. The number of carbonyl (C=O) groups is 2. The van der Waals surface area contributed by atoms with Gasteiger partial charge in [0.2, 0.25) is 0 Å². The summed E-state index contributed by atoms with van der Waals surface area (Å²) >= 11 is 6.46. The third kappa shape index (κ3) is 6.89. The number of urea groups is 1. The summed E-state index contributed by atoms with van der Waals surface area (Å²) in [6.07, 6.45) is 0.275. The van der Waals surface area contributed by atoms with Gasteiger partial charge in [0, 0.05) is 48.7 Å². The minimum atomic E-state index is -0.691. The Balaban J connectivity index is 1.41. The van der Waals surface area contributed by atoms with Crippen LogP contribution in [0.5, 0.6) is 5.75 Å². The van der Waals surface area contributed by atoms with Gasteiger partial charge in [-0.2, -0.15) is 5.10 Å². The molecule has 3 amide bonds. The highest BCUT2D eigenvalue weighted by molar-refractivity contribution is 6.34. The number of rotatable bonds is 9. The molecule has 11 heteroatoms. The molecular formula is C31H33ClFN5O4. The van der Waals surface area contributed by atoms with E-state index in [0.29, 0.717) is 53.1 Å². The number of nitrogens with zero attached hydrogens (tertiary/aromatic N) is 4. The number of methoxy groups -OCH3 is 1. The maximum atomic E-state index is 15.0. The molecular weight excluding hydrogens is 561 g/mol. The van der Waals surface area contributed by atoms with Crippen LogP contribution in [0.15, 0.2) is 77.9 Å². The molecule has 1 unspecified atom stereocenters. The van der Waals surface area contributed by atoms with Gasteiger partial charge in [-0.1, -0.05) is 60.1 Å². The van der Waals surface area contributed by atoms with Gasteiger partial charge in [-0.25, -0.2) is 14.2 Å². The van der Waals surface area contributed by atoms with Crippen molar-refractivity contribution in [2.45, 2.75) is 12.5 Å². The molecule has 2 heterocycles. The lowest BCUT2D eigenvalue weighted by Gasteiger charge is -2.31. The van der Waals surface area contributed by atoms with Crippen molar-refractivity contribution in [3.63, 3.8) is 0 Å². The largest absolute Gasteiger partial charge is 0.495 e. The minimum absolute atomic E-state index is 0.268. The summed E-state index contributed by atoms with van der Waals surface area (Å²) < 4.78 is 25.8. The number of hydrazone groups is 1. The first-order valence-electron chi connectivity index (χ1n) is 13.8. The quantitative estimate of drug-likeness (QED) is 0.376. The lowest BCUT2D eigenvalue weighted by molar-refractivity contribution is -0.133. The Bertz CT molecular complexity index is 1450. The number of benzene rings is 3. The fourth-order valence-electron chi connectivity index (χ4n) is 5.10. The zero-order valence-electron chi connectivity index (χ0n) is 23.3. The van der Waals surface area contributed by atoms with Crippen LogP contribution in [0, 0.1) is 5.82 Å². The zero-order valence-corrected chi connectivity index (χ0v) is 24.1. The number of hydrogen-bond donors (Lipinski definition) is 1. The number of ether oxygens (including phenoxy) is 2. The number of morpholine rings is 1. The average Bonchev–Trinajstić information content (AvgIpc) is 3.45. The summed E-state index contributed by atoms with van der Waals surface area (Å²) in [5.41, 5.74) is 2.07. The van der Waals surface area contributed by atoms with Crippen LogP contribution < -0.4 is 10.1 Å². The number of anilines is 1. The number of para-hydroxylation sites is 2. The lowest BCUT2D eigenvalue weighted by atomic mass is 9.98. The standard InChI is InChI=1S/C31H33ClFN5O4/c1-41-29-13-7-6-12-26(29)34-31(40)37(15-14-36-16-18-42-19-17-36)21-30(39)38-28(23-9-3-5-11-25(23)33)20-27(35-38)22-8-2-4-10-24(22)32/h2-13,28H,14-21H2,1H3,(H,34,40). The first kappa shape index (κ1) is 29.5. The van der Waals surface area contributed by atoms with Gasteiger partial charge in [-0.05, 0) is 24.3 Å². The Morgan fingerprint density at radius 2 is 1.79 bits per heavy atom. The summed E-state index contributed by atoms with van der Waals surface area (Å²) in [6.45, 7) is 3.28. The Hall–Kier alpha value is -3.99. The maximum absolute atomic E-state index is 15.0. The Morgan fingerprint density at radius 1 is 1.07 bits per heavy atom. The van der Waals surface area contributed by atoms with Gasteiger partial charge < -0.3 is 19.7 Å². The van der Waals surface area contributed by atoms with E-state index in [0.717, 1.165) is 13.1 Å². The number of nitrogens with one attached hydrogen (secondary N) is 1. The number of halogens is 2. The van der Waals surface area contributed by atoms with Crippen LogP contribution in [-0.4, -0.2) is 85.5 Å². The van der Waals surface area contributed by atoms with E-state index in [1.54, 1.807) is 48.5 Å². The van der Waals surface area contributed by atoms with Crippen LogP contribution in [0.4, 0.5) is 14.9 Å². The number of amides is 3. The third-order valence-corrected chi connectivity index (χ3v) is 7.70. The van der Waals surface area contributed by atoms with Crippen LogP contribution >= 0.6 is 11.6 Å². The highest BCUT2D eigenvalue weighted by Crippen LogP contribution is 2.35. The summed E-state index contributed by atoms with van der Waals surface area (Å²) in [4.78, 5) is 31.1. The van der Waals surface area contributed by atoms with Gasteiger partial charge in [-0.3, -0.25) is 9.69 Å². The van der Waals surface area contributed by atoms with Gasteiger partial charge >= 0.3 is 6.03 Å². The van der Waals surface area contributed by atoms with Gasteiger partial charge in [0.15, 0.2) is 0 Å². The van der Waals surface area contributed by atoms with Gasteiger partial charge in [-0.15, -0.1) is 0 Å². The van der Waals surface area contributed by atoms with E-state index in [4.69, 9.17) is 21.1 Å². The van der Waals surface area contributed by atoms with E-state index in [1.165, 1.54) is 23.1 Å². The van der Waals surface area contributed by atoms with E-state index in [1.807, 2.05) is 18.2 Å². The molecule has 0 aliphatic carbocycles.